The average Bonchev–Trinajstić information content (AvgIpc) is 3.43. The molecular weight excluding hydrogens is 358 g/mol. The lowest BCUT2D eigenvalue weighted by Crippen LogP contribution is -2.51. The van der Waals surface area contributed by atoms with Gasteiger partial charge in [0.25, 0.3) is 5.91 Å². The lowest BCUT2D eigenvalue weighted by Gasteiger charge is -2.25. The van der Waals surface area contributed by atoms with Crippen molar-refractivity contribution in [2.24, 2.45) is 5.92 Å². The minimum Gasteiger partial charge on any atom is -0.336 e. The maximum absolute atomic E-state index is 14.1. The molecule has 0 radical (unpaired) electrons. The number of imide groups is 1. The van der Waals surface area contributed by atoms with Crippen molar-refractivity contribution in [3.05, 3.63) is 35.4 Å². The molecule has 1 saturated heterocycles. The average molecular weight is 376 g/mol. The van der Waals surface area contributed by atoms with Crippen LogP contribution in [0.3, 0.4) is 0 Å². The predicted molar refractivity (Wildman–Crippen MR) is 88.8 cm³/mol. The number of rotatable bonds is 5. The summed E-state index contributed by atoms with van der Waals surface area (Å²) in [6.45, 7) is 2.20. The van der Waals surface area contributed by atoms with Gasteiger partial charge in [0, 0.05) is 5.56 Å². The Balaban J connectivity index is 1.79. The highest BCUT2D eigenvalue weighted by atomic mass is 19.1. The predicted octanol–water partition coefficient (Wildman–Crippen LogP) is 1.54. The summed E-state index contributed by atoms with van der Waals surface area (Å²) in [5.41, 5.74) is -3.24. The molecule has 2 N–H and O–H groups in total. The SMILES string of the molecule is CC1(c2cc(F)ccc2F)NC(=O)N(CC(=O)NC(C)(C#N)C2CC2)C1=O. The fourth-order valence-corrected chi connectivity index (χ4v) is 3.26. The Morgan fingerprint density at radius 2 is 2.11 bits per heavy atom. The third-order valence-electron chi connectivity index (χ3n) is 5.07. The van der Waals surface area contributed by atoms with Crippen LogP contribution in [0.1, 0.15) is 32.3 Å². The molecule has 2 aliphatic rings. The van der Waals surface area contributed by atoms with Crippen LogP contribution in [-0.2, 0) is 15.1 Å². The molecule has 7 nitrogen and oxygen atoms in total. The van der Waals surface area contributed by atoms with Crippen molar-refractivity contribution in [3.8, 4) is 6.07 Å². The van der Waals surface area contributed by atoms with Gasteiger partial charge in [0.05, 0.1) is 6.07 Å². The molecule has 2 atom stereocenters. The summed E-state index contributed by atoms with van der Waals surface area (Å²) in [6.07, 6.45) is 1.62. The second-order valence-corrected chi connectivity index (χ2v) is 7.21. The summed E-state index contributed by atoms with van der Waals surface area (Å²) in [7, 11) is 0. The molecule has 1 aliphatic carbocycles. The number of hydrogen-bond donors (Lipinski definition) is 2. The Labute approximate surface area is 154 Å². The number of nitrogens with one attached hydrogen (secondary N) is 2. The number of nitrogens with zero attached hydrogens (tertiary/aromatic N) is 2. The molecule has 9 heteroatoms. The van der Waals surface area contributed by atoms with Crippen LogP contribution in [0.15, 0.2) is 18.2 Å². The summed E-state index contributed by atoms with van der Waals surface area (Å²) in [5, 5.41) is 14.2. The van der Waals surface area contributed by atoms with E-state index in [1.54, 1.807) is 6.92 Å². The van der Waals surface area contributed by atoms with Gasteiger partial charge in [0.15, 0.2) is 0 Å². The van der Waals surface area contributed by atoms with E-state index in [0.29, 0.717) is 4.90 Å². The first-order valence-corrected chi connectivity index (χ1v) is 8.42. The first-order chi connectivity index (χ1) is 12.6. The van der Waals surface area contributed by atoms with Crippen LogP contribution in [-0.4, -0.2) is 34.8 Å². The molecule has 4 amide bonds. The number of nitriles is 1. The van der Waals surface area contributed by atoms with Gasteiger partial charge in [-0.2, -0.15) is 5.26 Å². The third kappa shape index (κ3) is 3.23. The topological polar surface area (TPSA) is 102 Å². The highest BCUT2D eigenvalue weighted by molar-refractivity contribution is 6.09. The Hall–Kier alpha value is -3.02. The number of hydrogen-bond acceptors (Lipinski definition) is 4. The molecule has 0 spiro atoms. The Bertz CT molecular complexity index is 880. The van der Waals surface area contributed by atoms with E-state index < -0.39 is 47.1 Å². The smallest absolute Gasteiger partial charge is 0.325 e. The summed E-state index contributed by atoms with van der Waals surface area (Å²) < 4.78 is 27.6. The van der Waals surface area contributed by atoms with Gasteiger partial charge in [-0.25, -0.2) is 13.6 Å². The van der Waals surface area contributed by atoms with Gasteiger partial charge in [0.1, 0.15) is 29.3 Å². The van der Waals surface area contributed by atoms with E-state index in [-0.39, 0.29) is 11.5 Å². The van der Waals surface area contributed by atoms with E-state index in [1.165, 1.54) is 6.92 Å². The fraction of sp³-hybridized carbons (Fsp3) is 0.444. The lowest BCUT2D eigenvalue weighted by atomic mass is 9.91. The van der Waals surface area contributed by atoms with Crippen molar-refractivity contribution in [3.63, 3.8) is 0 Å². The van der Waals surface area contributed by atoms with Gasteiger partial charge in [-0.15, -0.1) is 0 Å². The van der Waals surface area contributed by atoms with Crippen molar-refractivity contribution in [2.45, 2.75) is 37.8 Å². The fourth-order valence-electron chi connectivity index (χ4n) is 3.26. The number of amides is 4. The molecule has 1 heterocycles. The van der Waals surface area contributed by atoms with Crippen molar-refractivity contribution in [1.29, 1.82) is 5.26 Å². The van der Waals surface area contributed by atoms with Crippen LogP contribution >= 0.6 is 0 Å². The highest BCUT2D eigenvalue weighted by Crippen LogP contribution is 2.39. The molecule has 1 aromatic rings. The molecule has 2 fully saturated rings. The lowest BCUT2D eigenvalue weighted by molar-refractivity contribution is -0.135. The molecule has 2 unspecified atom stereocenters. The molecule has 1 saturated carbocycles. The van der Waals surface area contributed by atoms with Gasteiger partial charge < -0.3 is 10.6 Å². The minimum atomic E-state index is -1.83. The second kappa shape index (κ2) is 6.30. The van der Waals surface area contributed by atoms with E-state index in [9.17, 15) is 28.4 Å². The normalized spacial score (nSPS) is 24.2. The molecule has 27 heavy (non-hydrogen) atoms. The molecule has 0 aromatic heterocycles. The van der Waals surface area contributed by atoms with Gasteiger partial charge in [0.2, 0.25) is 5.91 Å². The number of halogens is 2. The number of carbonyl (C=O) groups excluding carboxylic acids is 3. The summed E-state index contributed by atoms with van der Waals surface area (Å²) in [6, 6.07) is 3.74. The van der Waals surface area contributed by atoms with E-state index in [4.69, 9.17) is 0 Å². The maximum atomic E-state index is 14.1. The van der Waals surface area contributed by atoms with E-state index in [2.05, 4.69) is 10.6 Å². The first kappa shape index (κ1) is 18.8. The van der Waals surface area contributed by atoms with E-state index in [0.717, 1.165) is 31.0 Å². The van der Waals surface area contributed by atoms with Crippen molar-refractivity contribution < 1.29 is 23.2 Å². The zero-order valence-electron chi connectivity index (χ0n) is 14.8. The number of benzene rings is 1. The minimum absolute atomic E-state index is 0.0289. The summed E-state index contributed by atoms with van der Waals surface area (Å²) in [4.78, 5) is 37.9. The number of carbonyl (C=O) groups is 3. The van der Waals surface area contributed by atoms with Crippen LogP contribution in [0.2, 0.25) is 0 Å². The monoisotopic (exact) mass is 376 g/mol. The first-order valence-electron chi connectivity index (χ1n) is 8.42. The molecule has 0 bridgehead atoms. The highest BCUT2D eigenvalue weighted by Gasteiger charge is 2.51. The Kier molecular flexibility index (Phi) is 4.38. The van der Waals surface area contributed by atoms with Crippen LogP contribution < -0.4 is 10.6 Å². The van der Waals surface area contributed by atoms with Gasteiger partial charge >= 0.3 is 6.03 Å². The summed E-state index contributed by atoms with van der Waals surface area (Å²) in [5.74, 6) is -3.15. The van der Waals surface area contributed by atoms with Crippen LogP contribution in [0, 0.1) is 28.9 Å². The maximum Gasteiger partial charge on any atom is 0.325 e. The van der Waals surface area contributed by atoms with E-state index >= 15 is 0 Å². The van der Waals surface area contributed by atoms with Crippen LogP contribution in [0.5, 0.6) is 0 Å². The largest absolute Gasteiger partial charge is 0.336 e. The Morgan fingerprint density at radius 3 is 2.70 bits per heavy atom. The van der Waals surface area contributed by atoms with Gasteiger partial charge in [-0.05, 0) is 50.8 Å². The molecule has 3 rings (SSSR count). The summed E-state index contributed by atoms with van der Waals surface area (Å²) >= 11 is 0. The zero-order valence-corrected chi connectivity index (χ0v) is 14.8. The molecule has 142 valence electrons. The number of urea groups is 1. The van der Waals surface area contributed by atoms with Gasteiger partial charge in [-0.1, -0.05) is 0 Å². The van der Waals surface area contributed by atoms with Crippen LogP contribution in [0.25, 0.3) is 0 Å². The zero-order chi connectivity index (χ0) is 20.0. The molecule has 1 aromatic carbocycles. The Morgan fingerprint density at radius 1 is 1.44 bits per heavy atom. The molecular formula is C18H18F2N4O3. The van der Waals surface area contributed by atoms with Crippen molar-refractivity contribution in [1.82, 2.24) is 15.5 Å². The second-order valence-electron chi connectivity index (χ2n) is 7.21. The standard InChI is InChI=1S/C18H18F2N4O3/c1-17(9-21,10-3-4-10)22-14(25)8-24-15(26)18(2,23-16(24)27)12-7-11(19)5-6-13(12)20/h5-7,10H,3-4,8H2,1-2H3,(H,22,25)(H,23,27). The van der Waals surface area contributed by atoms with Crippen molar-refractivity contribution >= 4 is 17.8 Å². The third-order valence-corrected chi connectivity index (χ3v) is 5.07. The van der Waals surface area contributed by atoms with Gasteiger partial charge in [-0.3, -0.25) is 14.5 Å². The van der Waals surface area contributed by atoms with E-state index in [1.807, 2.05) is 6.07 Å². The van der Waals surface area contributed by atoms with Crippen molar-refractivity contribution in [2.75, 3.05) is 6.54 Å². The van der Waals surface area contributed by atoms with Crippen LogP contribution in [0.4, 0.5) is 13.6 Å². The molecule has 1 aliphatic heterocycles. The quantitative estimate of drug-likeness (QED) is 0.761.